The number of anilines is 2. The highest BCUT2D eigenvalue weighted by Crippen LogP contribution is 2.29. The predicted molar refractivity (Wildman–Crippen MR) is 154 cm³/mol. The fraction of sp³-hybridized carbons (Fsp3) is 0.367. The van der Waals surface area contributed by atoms with Gasteiger partial charge in [-0.15, -0.1) is 0 Å². The van der Waals surface area contributed by atoms with Crippen LogP contribution in [0.2, 0.25) is 0 Å². The molecule has 0 saturated carbocycles. The van der Waals surface area contributed by atoms with Gasteiger partial charge in [-0.3, -0.25) is 0 Å². The maximum absolute atomic E-state index is 9.10. The van der Waals surface area contributed by atoms with Crippen molar-refractivity contribution < 1.29 is 24.5 Å². The Bertz CT molecular complexity index is 1300. The smallest absolute Gasteiger partial charge is 0.414 e. The molecule has 3 heterocycles. The summed E-state index contributed by atoms with van der Waals surface area (Å²) in [6, 6.07) is 19.8. The third-order valence-electron chi connectivity index (χ3n) is 7.11. The second-order valence-electron chi connectivity index (χ2n) is 9.60. The quantitative estimate of drug-likeness (QED) is 0.473. The minimum Gasteiger partial charge on any atom is -0.473 e. The van der Waals surface area contributed by atoms with Crippen molar-refractivity contribution in [3.63, 3.8) is 0 Å². The molecule has 0 unspecified atom stereocenters. The van der Waals surface area contributed by atoms with E-state index in [1.165, 1.54) is 27.6 Å². The molecule has 1 aromatic heterocycles. The van der Waals surface area contributed by atoms with Crippen molar-refractivity contribution in [1.82, 2.24) is 9.88 Å². The second-order valence-corrected chi connectivity index (χ2v) is 9.60. The summed E-state index contributed by atoms with van der Waals surface area (Å²) < 4.78 is 5.48. The molecular weight excluding hydrogens is 496 g/mol. The van der Waals surface area contributed by atoms with Gasteiger partial charge in [-0.05, 0) is 54.3 Å². The monoisotopic (exact) mass is 532 g/mol. The molecule has 0 bridgehead atoms. The van der Waals surface area contributed by atoms with Gasteiger partial charge in [0.05, 0.1) is 18.9 Å². The Kier molecular flexibility index (Phi) is 9.51. The van der Waals surface area contributed by atoms with Crippen LogP contribution in [0.25, 0.3) is 22.4 Å². The molecule has 2 aliphatic heterocycles. The van der Waals surface area contributed by atoms with Crippen molar-refractivity contribution in [1.29, 1.82) is 0 Å². The first-order valence-electron chi connectivity index (χ1n) is 13.3. The summed E-state index contributed by atoms with van der Waals surface area (Å²) in [5.74, 6) is -2.53. The number of allylic oxidation sites excluding steroid dienone is 1. The third kappa shape index (κ3) is 7.34. The molecule has 2 aromatic carbocycles. The number of nitrogens with zero attached hydrogens (tertiary/aromatic N) is 4. The SMILES string of the molecule is CCN1CCN(c2nc(/C=C(\C)c3ccc(N4CCOCC4)cc3)cc3ccccc23)CC1.O=C(O)C(=O)O. The third-order valence-corrected chi connectivity index (χ3v) is 7.11. The highest BCUT2D eigenvalue weighted by molar-refractivity contribution is 6.27. The Labute approximate surface area is 228 Å². The van der Waals surface area contributed by atoms with E-state index >= 15 is 0 Å². The Morgan fingerprint density at radius 1 is 0.897 bits per heavy atom. The molecule has 0 radical (unpaired) electrons. The number of hydrogen-bond donors (Lipinski definition) is 2. The van der Waals surface area contributed by atoms with E-state index in [-0.39, 0.29) is 0 Å². The van der Waals surface area contributed by atoms with Crippen LogP contribution in [-0.4, -0.2) is 91.1 Å². The summed E-state index contributed by atoms with van der Waals surface area (Å²) in [5.41, 5.74) is 4.76. The van der Waals surface area contributed by atoms with E-state index in [9.17, 15) is 0 Å². The van der Waals surface area contributed by atoms with E-state index in [4.69, 9.17) is 29.5 Å². The van der Waals surface area contributed by atoms with Crippen molar-refractivity contribution in [3.8, 4) is 0 Å². The number of aliphatic carboxylic acids is 2. The zero-order valence-corrected chi connectivity index (χ0v) is 22.5. The lowest BCUT2D eigenvalue weighted by atomic mass is 10.0. The molecule has 0 aliphatic carbocycles. The Morgan fingerprint density at radius 3 is 2.15 bits per heavy atom. The van der Waals surface area contributed by atoms with Crippen LogP contribution in [0, 0.1) is 0 Å². The van der Waals surface area contributed by atoms with Gasteiger partial charge in [0, 0.05) is 50.3 Å². The number of likely N-dealkylation sites (N-methyl/N-ethyl adjacent to an activating group) is 1. The number of carboxylic acids is 2. The summed E-state index contributed by atoms with van der Waals surface area (Å²) in [6.07, 6.45) is 2.22. The fourth-order valence-electron chi connectivity index (χ4n) is 4.85. The van der Waals surface area contributed by atoms with Crippen LogP contribution in [0.3, 0.4) is 0 Å². The average molecular weight is 533 g/mol. The number of hydrogen-bond acceptors (Lipinski definition) is 7. The van der Waals surface area contributed by atoms with Gasteiger partial charge in [-0.25, -0.2) is 14.6 Å². The standard InChI is InChI=1S/C28H34N4O.C2H2O4/c1-3-30-12-14-32(15-13-30)28-27-7-5-4-6-24(27)21-25(29-28)20-22(2)23-8-10-26(11-9-23)31-16-18-33-19-17-31;3-1(4)2(5)6/h4-11,20-21H,3,12-19H2,1-2H3;(H,3,4)(H,5,6)/b22-20+;. The van der Waals surface area contributed by atoms with Crippen molar-refractivity contribution in [2.75, 3.05) is 68.8 Å². The van der Waals surface area contributed by atoms with E-state index in [0.29, 0.717) is 0 Å². The van der Waals surface area contributed by atoms with Gasteiger partial charge in [0.2, 0.25) is 0 Å². The Balaban J connectivity index is 0.000000531. The van der Waals surface area contributed by atoms with Gasteiger partial charge in [-0.2, -0.15) is 0 Å². The van der Waals surface area contributed by atoms with Crippen LogP contribution in [-0.2, 0) is 14.3 Å². The lowest BCUT2D eigenvalue weighted by Crippen LogP contribution is -2.46. The van der Waals surface area contributed by atoms with Crippen molar-refractivity contribution in [2.45, 2.75) is 13.8 Å². The topological polar surface area (TPSA) is 106 Å². The number of aromatic nitrogens is 1. The minimum absolute atomic E-state index is 0.810. The molecular formula is C30H36N4O5. The van der Waals surface area contributed by atoms with Crippen LogP contribution < -0.4 is 9.80 Å². The van der Waals surface area contributed by atoms with Gasteiger partial charge in [-0.1, -0.05) is 43.3 Å². The number of piperazine rings is 1. The number of ether oxygens (including phenoxy) is 1. The molecule has 2 fully saturated rings. The van der Waals surface area contributed by atoms with Gasteiger partial charge in [0.15, 0.2) is 0 Å². The van der Waals surface area contributed by atoms with E-state index < -0.39 is 11.9 Å². The minimum atomic E-state index is -1.82. The normalized spacial score (nSPS) is 16.5. The van der Waals surface area contributed by atoms with E-state index in [2.05, 4.69) is 89.2 Å². The molecule has 2 saturated heterocycles. The summed E-state index contributed by atoms with van der Waals surface area (Å²) in [5, 5.41) is 17.3. The largest absolute Gasteiger partial charge is 0.473 e. The Morgan fingerprint density at radius 2 is 1.54 bits per heavy atom. The van der Waals surface area contributed by atoms with Crippen molar-refractivity contribution in [3.05, 3.63) is 65.9 Å². The molecule has 5 rings (SSSR count). The molecule has 0 spiro atoms. The molecule has 0 atom stereocenters. The van der Waals surface area contributed by atoms with E-state index in [1.54, 1.807) is 0 Å². The number of fused-ring (bicyclic) bond motifs is 1. The molecule has 2 aliphatic rings. The van der Waals surface area contributed by atoms with Crippen molar-refractivity contribution >= 4 is 45.9 Å². The number of morpholine rings is 1. The van der Waals surface area contributed by atoms with Crippen LogP contribution >= 0.6 is 0 Å². The van der Waals surface area contributed by atoms with E-state index in [0.717, 1.165) is 70.5 Å². The molecule has 206 valence electrons. The number of carbonyl (C=O) groups is 2. The number of pyridine rings is 1. The summed E-state index contributed by atoms with van der Waals surface area (Å²) >= 11 is 0. The van der Waals surface area contributed by atoms with Gasteiger partial charge in [0.25, 0.3) is 0 Å². The molecule has 9 nitrogen and oxygen atoms in total. The maximum Gasteiger partial charge on any atom is 0.414 e. The van der Waals surface area contributed by atoms with E-state index in [1.807, 2.05) is 0 Å². The maximum atomic E-state index is 9.10. The van der Waals surface area contributed by atoms with Crippen LogP contribution in [0.1, 0.15) is 25.1 Å². The number of benzene rings is 2. The second kappa shape index (κ2) is 13.2. The molecule has 39 heavy (non-hydrogen) atoms. The summed E-state index contributed by atoms with van der Waals surface area (Å²) in [6.45, 7) is 13.3. The first kappa shape index (κ1) is 28.1. The predicted octanol–water partition coefficient (Wildman–Crippen LogP) is 3.93. The lowest BCUT2D eigenvalue weighted by Gasteiger charge is -2.35. The molecule has 0 amide bonds. The number of carboxylic acid groups (broad SMARTS) is 2. The highest BCUT2D eigenvalue weighted by atomic mass is 16.5. The summed E-state index contributed by atoms with van der Waals surface area (Å²) in [7, 11) is 0. The number of rotatable bonds is 5. The van der Waals surface area contributed by atoms with Crippen LogP contribution in [0.4, 0.5) is 11.5 Å². The zero-order valence-electron chi connectivity index (χ0n) is 22.5. The van der Waals surface area contributed by atoms with Gasteiger partial charge >= 0.3 is 11.9 Å². The van der Waals surface area contributed by atoms with Crippen molar-refractivity contribution in [2.24, 2.45) is 0 Å². The molecule has 3 aromatic rings. The van der Waals surface area contributed by atoms with Gasteiger partial charge in [0.1, 0.15) is 5.82 Å². The molecule has 2 N–H and O–H groups in total. The summed E-state index contributed by atoms with van der Waals surface area (Å²) in [4.78, 5) is 30.7. The van der Waals surface area contributed by atoms with Crippen LogP contribution in [0.15, 0.2) is 54.6 Å². The van der Waals surface area contributed by atoms with Crippen LogP contribution in [0.5, 0.6) is 0 Å². The lowest BCUT2D eigenvalue weighted by molar-refractivity contribution is -0.159. The zero-order chi connectivity index (χ0) is 27.8. The fourth-order valence-corrected chi connectivity index (χ4v) is 4.85. The average Bonchev–Trinajstić information content (AvgIpc) is 2.97. The first-order valence-corrected chi connectivity index (χ1v) is 13.3. The van der Waals surface area contributed by atoms with Gasteiger partial charge < -0.3 is 29.6 Å². The molecule has 9 heteroatoms. The Hall–Kier alpha value is -3.95. The highest BCUT2D eigenvalue weighted by Gasteiger charge is 2.19. The first-order chi connectivity index (χ1) is 18.9.